The zero-order valence-electron chi connectivity index (χ0n) is 10.6. The molecular weight excluding hydrogens is 325 g/mol. The molecule has 0 atom stereocenters. The highest BCUT2D eigenvalue weighted by Crippen LogP contribution is 2.33. The van der Waals surface area contributed by atoms with E-state index in [9.17, 15) is 18.0 Å². The van der Waals surface area contributed by atoms with Gasteiger partial charge < -0.3 is 0 Å². The Hall–Kier alpha value is -1.68. The molecule has 0 radical (unpaired) electrons. The lowest BCUT2D eigenvalue weighted by molar-refractivity contribution is -0.138. The van der Waals surface area contributed by atoms with Crippen LogP contribution in [0.2, 0.25) is 0 Å². The lowest BCUT2D eigenvalue weighted by Crippen LogP contribution is -2.14. The van der Waals surface area contributed by atoms with Gasteiger partial charge in [0.1, 0.15) is 5.69 Å². The molecular formula is C11H9F3N4OS2. The molecule has 0 aromatic carbocycles. The van der Waals surface area contributed by atoms with Crippen molar-refractivity contribution in [2.24, 2.45) is 0 Å². The van der Waals surface area contributed by atoms with Gasteiger partial charge in [-0.1, -0.05) is 18.3 Å². The molecule has 0 aliphatic heterocycles. The zero-order valence-corrected chi connectivity index (χ0v) is 12.3. The van der Waals surface area contributed by atoms with Crippen LogP contribution in [0, 0.1) is 0 Å². The average Bonchev–Trinajstić information content (AvgIpc) is 2.88. The summed E-state index contributed by atoms with van der Waals surface area (Å²) in [5, 5.41) is 7.26. The second kappa shape index (κ2) is 6.39. The summed E-state index contributed by atoms with van der Waals surface area (Å²) in [6.45, 7) is 1.92. The van der Waals surface area contributed by atoms with E-state index in [2.05, 4.69) is 20.5 Å². The van der Waals surface area contributed by atoms with Gasteiger partial charge in [0.05, 0.1) is 0 Å². The molecule has 0 bridgehead atoms. The van der Waals surface area contributed by atoms with E-state index in [0.717, 1.165) is 5.75 Å². The van der Waals surface area contributed by atoms with Crippen LogP contribution in [-0.2, 0) is 6.18 Å². The van der Waals surface area contributed by atoms with Crippen molar-refractivity contribution in [1.82, 2.24) is 15.2 Å². The van der Waals surface area contributed by atoms with E-state index in [-0.39, 0.29) is 22.2 Å². The van der Waals surface area contributed by atoms with Gasteiger partial charge in [0.15, 0.2) is 0 Å². The van der Waals surface area contributed by atoms with Crippen molar-refractivity contribution in [1.29, 1.82) is 0 Å². The second-order valence-electron chi connectivity index (χ2n) is 3.65. The van der Waals surface area contributed by atoms with Crippen molar-refractivity contribution in [3.8, 4) is 0 Å². The summed E-state index contributed by atoms with van der Waals surface area (Å²) >= 11 is 1.68. The van der Waals surface area contributed by atoms with Crippen molar-refractivity contribution < 1.29 is 18.0 Å². The number of rotatable bonds is 4. The van der Waals surface area contributed by atoms with Crippen molar-refractivity contribution in [2.75, 3.05) is 11.1 Å². The lowest BCUT2D eigenvalue weighted by Gasteiger charge is -2.05. The number of aromatic nitrogens is 3. The Balaban J connectivity index is 2.17. The molecule has 1 N–H and O–H groups in total. The standard InChI is InChI=1S/C11H9F3N4OS2/c1-2-20-6-4-3-5-15-7(6)8(19)16-10-18-17-9(21-10)11(12,13)14/h3-5H,2H2,1H3,(H,16,18,19). The molecule has 0 aliphatic carbocycles. The molecule has 0 unspecified atom stereocenters. The number of pyridine rings is 1. The van der Waals surface area contributed by atoms with Crippen LogP contribution in [0.25, 0.3) is 0 Å². The first-order valence-corrected chi connectivity index (χ1v) is 7.52. The van der Waals surface area contributed by atoms with Gasteiger partial charge in [-0.3, -0.25) is 10.1 Å². The van der Waals surface area contributed by atoms with Crippen molar-refractivity contribution >= 4 is 34.1 Å². The molecule has 10 heteroatoms. The molecule has 0 aliphatic rings. The number of hydrogen-bond acceptors (Lipinski definition) is 6. The van der Waals surface area contributed by atoms with Gasteiger partial charge >= 0.3 is 6.18 Å². The molecule has 2 heterocycles. The number of nitrogens with zero attached hydrogens (tertiary/aromatic N) is 3. The Bertz CT molecular complexity index is 644. The van der Waals surface area contributed by atoms with Crippen LogP contribution >= 0.6 is 23.1 Å². The Morgan fingerprint density at radius 3 is 2.81 bits per heavy atom. The summed E-state index contributed by atoms with van der Waals surface area (Å²) in [7, 11) is 0. The Morgan fingerprint density at radius 2 is 2.19 bits per heavy atom. The number of thioether (sulfide) groups is 1. The molecule has 0 saturated carbocycles. The quantitative estimate of drug-likeness (QED) is 0.869. The molecule has 0 fully saturated rings. The fourth-order valence-corrected chi connectivity index (χ4v) is 2.75. The molecule has 0 spiro atoms. The summed E-state index contributed by atoms with van der Waals surface area (Å²) in [6, 6.07) is 3.40. The maximum Gasteiger partial charge on any atom is 0.445 e. The van der Waals surface area contributed by atoms with Gasteiger partial charge in [-0.2, -0.15) is 13.2 Å². The lowest BCUT2D eigenvalue weighted by atomic mass is 10.3. The molecule has 0 saturated heterocycles. The second-order valence-corrected chi connectivity index (χ2v) is 5.93. The minimum Gasteiger partial charge on any atom is -0.295 e. The number of amides is 1. The topological polar surface area (TPSA) is 67.8 Å². The van der Waals surface area contributed by atoms with E-state index in [4.69, 9.17) is 0 Å². The summed E-state index contributed by atoms with van der Waals surface area (Å²) < 4.78 is 37.2. The van der Waals surface area contributed by atoms with Crippen LogP contribution in [0.4, 0.5) is 18.3 Å². The molecule has 2 aromatic heterocycles. The molecule has 2 rings (SSSR count). The molecule has 2 aromatic rings. The highest BCUT2D eigenvalue weighted by Gasteiger charge is 2.35. The van der Waals surface area contributed by atoms with Crippen molar-refractivity contribution in [3.63, 3.8) is 0 Å². The third kappa shape index (κ3) is 3.91. The highest BCUT2D eigenvalue weighted by molar-refractivity contribution is 7.99. The number of carbonyl (C=O) groups is 1. The van der Waals surface area contributed by atoms with Crippen LogP contribution in [-0.4, -0.2) is 26.8 Å². The van der Waals surface area contributed by atoms with E-state index < -0.39 is 17.1 Å². The smallest absolute Gasteiger partial charge is 0.295 e. The van der Waals surface area contributed by atoms with E-state index in [1.807, 2.05) is 6.92 Å². The van der Waals surface area contributed by atoms with Gasteiger partial charge in [0, 0.05) is 11.1 Å². The number of nitrogens with one attached hydrogen (secondary N) is 1. The third-order valence-corrected chi connectivity index (χ3v) is 3.99. The first-order chi connectivity index (χ1) is 9.91. The maximum atomic E-state index is 12.4. The SMILES string of the molecule is CCSc1cccnc1C(=O)Nc1nnc(C(F)(F)F)s1. The van der Waals surface area contributed by atoms with Crippen LogP contribution in [0.1, 0.15) is 22.4 Å². The first-order valence-electron chi connectivity index (χ1n) is 5.71. The van der Waals surface area contributed by atoms with E-state index in [1.165, 1.54) is 18.0 Å². The summed E-state index contributed by atoms with van der Waals surface area (Å²) in [4.78, 5) is 16.6. The minimum absolute atomic E-state index is 0.146. The van der Waals surface area contributed by atoms with Crippen LogP contribution in [0.15, 0.2) is 23.2 Å². The first kappa shape index (κ1) is 15.7. The largest absolute Gasteiger partial charge is 0.445 e. The average molecular weight is 334 g/mol. The van der Waals surface area contributed by atoms with E-state index in [1.54, 1.807) is 12.1 Å². The predicted octanol–water partition coefficient (Wildman–Crippen LogP) is 3.32. The number of carbonyl (C=O) groups excluding carboxylic acids is 1. The van der Waals surface area contributed by atoms with Crippen LogP contribution in [0.5, 0.6) is 0 Å². The number of anilines is 1. The van der Waals surface area contributed by atoms with Gasteiger partial charge in [-0.05, 0) is 17.9 Å². The molecule has 1 amide bonds. The normalized spacial score (nSPS) is 11.4. The van der Waals surface area contributed by atoms with Gasteiger partial charge in [-0.15, -0.1) is 22.0 Å². The van der Waals surface area contributed by atoms with E-state index >= 15 is 0 Å². The fraction of sp³-hybridized carbons (Fsp3) is 0.273. The fourth-order valence-electron chi connectivity index (χ4n) is 1.38. The van der Waals surface area contributed by atoms with Gasteiger partial charge in [0.25, 0.3) is 5.91 Å². The Morgan fingerprint density at radius 1 is 1.43 bits per heavy atom. The summed E-state index contributed by atoms with van der Waals surface area (Å²) in [5.74, 6) is 0.125. The monoisotopic (exact) mass is 334 g/mol. The van der Waals surface area contributed by atoms with Crippen LogP contribution in [0.3, 0.4) is 0 Å². The predicted molar refractivity (Wildman–Crippen MR) is 73.5 cm³/mol. The molecule has 5 nitrogen and oxygen atoms in total. The Labute approximate surface area is 126 Å². The summed E-state index contributed by atoms with van der Waals surface area (Å²) in [6.07, 6.45) is -3.13. The van der Waals surface area contributed by atoms with Gasteiger partial charge in [0.2, 0.25) is 10.1 Å². The molecule has 21 heavy (non-hydrogen) atoms. The van der Waals surface area contributed by atoms with Gasteiger partial charge in [-0.25, -0.2) is 4.98 Å². The van der Waals surface area contributed by atoms with Crippen molar-refractivity contribution in [2.45, 2.75) is 18.0 Å². The van der Waals surface area contributed by atoms with Crippen molar-refractivity contribution in [3.05, 3.63) is 29.0 Å². The highest BCUT2D eigenvalue weighted by atomic mass is 32.2. The minimum atomic E-state index is -4.57. The number of alkyl halides is 3. The number of halogens is 3. The third-order valence-electron chi connectivity index (χ3n) is 2.17. The van der Waals surface area contributed by atoms with Crippen LogP contribution < -0.4 is 5.32 Å². The number of hydrogen-bond donors (Lipinski definition) is 1. The Kier molecular flexibility index (Phi) is 4.78. The maximum absolute atomic E-state index is 12.4. The summed E-state index contributed by atoms with van der Waals surface area (Å²) in [5.41, 5.74) is 0.146. The molecule has 112 valence electrons. The zero-order chi connectivity index (χ0) is 15.5. The van der Waals surface area contributed by atoms with E-state index in [0.29, 0.717) is 4.90 Å².